The molecule has 0 fully saturated rings. The molecule has 0 spiro atoms. The van der Waals surface area contributed by atoms with Crippen LogP contribution in [0.25, 0.3) is 0 Å². The highest BCUT2D eigenvalue weighted by molar-refractivity contribution is 9.10. The Morgan fingerprint density at radius 3 is 2.67 bits per heavy atom. The molecule has 2 N–H and O–H groups in total. The molecule has 0 radical (unpaired) electrons. The monoisotopic (exact) mass is 371 g/mol. The average Bonchev–Trinajstić information content (AvgIpc) is 2.73. The lowest BCUT2D eigenvalue weighted by molar-refractivity contribution is 0.599. The van der Waals surface area contributed by atoms with Crippen LogP contribution in [0.3, 0.4) is 0 Å². The lowest BCUT2D eigenvalue weighted by Gasteiger charge is -2.15. The van der Waals surface area contributed by atoms with Crippen LogP contribution in [0.15, 0.2) is 33.3 Å². The van der Waals surface area contributed by atoms with Gasteiger partial charge < -0.3 is 5.73 Å². The van der Waals surface area contributed by atoms with Gasteiger partial charge in [-0.15, -0.1) is 0 Å². The van der Waals surface area contributed by atoms with Gasteiger partial charge in [0.15, 0.2) is 0 Å². The van der Waals surface area contributed by atoms with Gasteiger partial charge in [-0.2, -0.15) is 5.10 Å². The summed E-state index contributed by atoms with van der Waals surface area (Å²) in [4.78, 5) is 0. The highest BCUT2D eigenvalue weighted by Gasteiger charge is 2.18. The fraction of sp³-hybridized carbons (Fsp3) is 0.308. The number of aryl methyl sites for hydroxylation is 2. The third-order valence-corrected chi connectivity index (χ3v) is 4.45. The van der Waals surface area contributed by atoms with Crippen molar-refractivity contribution >= 4 is 31.9 Å². The summed E-state index contributed by atoms with van der Waals surface area (Å²) in [6, 6.07) is 6.02. The predicted octanol–water partition coefficient (Wildman–Crippen LogP) is 3.78. The van der Waals surface area contributed by atoms with Crippen LogP contribution in [0, 0.1) is 6.92 Å². The van der Waals surface area contributed by atoms with Crippen molar-refractivity contribution in [2.45, 2.75) is 26.4 Å². The molecule has 0 amide bonds. The number of benzene rings is 1. The van der Waals surface area contributed by atoms with E-state index < -0.39 is 0 Å². The minimum Gasteiger partial charge on any atom is -0.319 e. The van der Waals surface area contributed by atoms with Crippen molar-refractivity contribution in [3.63, 3.8) is 0 Å². The summed E-state index contributed by atoms with van der Waals surface area (Å²) in [7, 11) is 0. The van der Waals surface area contributed by atoms with E-state index in [0.29, 0.717) is 0 Å². The van der Waals surface area contributed by atoms with E-state index in [-0.39, 0.29) is 6.04 Å². The Bertz CT molecular complexity index is 563. The van der Waals surface area contributed by atoms with Crippen LogP contribution in [-0.4, -0.2) is 9.78 Å². The number of halogens is 2. The molecule has 0 aliphatic heterocycles. The lowest BCUT2D eigenvalue weighted by atomic mass is 10.0. The van der Waals surface area contributed by atoms with Gasteiger partial charge in [-0.25, -0.2) is 0 Å². The van der Waals surface area contributed by atoms with Crippen molar-refractivity contribution in [1.29, 1.82) is 0 Å². The topological polar surface area (TPSA) is 43.8 Å². The molecule has 5 heteroatoms. The number of aromatic nitrogens is 2. The lowest BCUT2D eigenvalue weighted by Crippen LogP contribution is -2.17. The second-order valence-corrected chi connectivity index (χ2v) is 5.89. The maximum atomic E-state index is 6.35. The van der Waals surface area contributed by atoms with Crippen LogP contribution in [0.5, 0.6) is 0 Å². The Kier molecular flexibility index (Phi) is 4.25. The SMILES string of the molecule is CCn1ncc(Br)c1C(N)c1ccc(C)c(Br)c1. The highest BCUT2D eigenvalue weighted by atomic mass is 79.9. The van der Waals surface area contributed by atoms with E-state index in [0.717, 1.165) is 26.7 Å². The van der Waals surface area contributed by atoms with Gasteiger partial charge in [-0.3, -0.25) is 4.68 Å². The predicted molar refractivity (Wildman–Crippen MR) is 80.5 cm³/mol. The summed E-state index contributed by atoms with van der Waals surface area (Å²) in [6.45, 7) is 4.92. The Morgan fingerprint density at radius 2 is 2.06 bits per heavy atom. The molecule has 96 valence electrons. The Morgan fingerprint density at radius 1 is 1.33 bits per heavy atom. The standard InChI is InChI=1S/C13H15Br2N3/c1-3-18-13(11(15)7-17-18)12(16)9-5-4-8(2)10(14)6-9/h4-7,12H,3,16H2,1-2H3. The molecule has 0 saturated carbocycles. The second kappa shape index (κ2) is 5.55. The molecular formula is C13H15Br2N3. The summed E-state index contributed by atoms with van der Waals surface area (Å²) in [6.07, 6.45) is 1.79. The van der Waals surface area contributed by atoms with Crippen LogP contribution in [0.1, 0.15) is 29.8 Å². The number of hydrogen-bond acceptors (Lipinski definition) is 2. The first kappa shape index (κ1) is 13.8. The first-order chi connectivity index (χ1) is 8.54. The summed E-state index contributed by atoms with van der Waals surface area (Å²) in [5.74, 6) is 0. The Balaban J connectivity index is 2.44. The van der Waals surface area contributed by atoms with E-state index in [2.05, 4.69) is 69.0 Å². The largest absolute Gasteiger partial charge is 0.319 e. The van der Waals surface area contributed by atoms with Crippen molar-refractivity contribution in [3.8, 4) is 0 Å². The fourth-order valence-electron chi connectivity index (χ4n) is 1.89. The number of hydrogen-bond donors (Lipinski definition) is 1. The smallest absolute Gasteiger partial charge is 0.0738 e. The van der Waals surface area contributed by atoms with Crippen LogP contribution >= 0.6 is 31.9 Å². The number of nitrogens with zero attached hydrogens (tertiary/aromatic N) is 2. The molecule has 0 bridgehead atoms. The first-order valence-electron chi connectivity index (χ1n) is 5.77. The summed E-state index contributed by atoms with van der Waals surface area (Å²) >= 11 is 7.06. The molecule has 18 heavy (non-hydrogen) atoms. The zero-order chi connectivity index (χ0) is 13.3. The molecule has 2 rings (SSSR count). The molecule has 0 saturated heterocycles. The summed E-state index contributed by atoms with van der Waals surface area (Å²) < 4.78 is 3.95. The second-order valence-electron chi connectivity index (χ2n) is 4.18. The van der Waals surface area contributed by atoms with Gasteiger partial charge in [0.2, 0.25) is 0 Å². The van der Waals surface area contributed by atoms with E-state index in [1.54, 1.807) is 6.20 Å². The molecule has 0 aliphatic rings. The highest BCUT2D eigenvalue weighted by Crippen LogP contribution is 2.29. The van der Waals surface area contributed by atoms with E-state index >= 15 is 0 Å². The molecule has 1 unspecified atom stereocenters. The molecule has 1 aromatic carbocycles. The summed E-state index contributed by atoms with van der Waals surface area (Å²) in [5.41, 5.74) is 9.63. The molecule has 1 atom stereocenters. The Labute approximate surface area is 124 Å². The van der Waals surface area contributed by atoms with Crippen LogP contribution < -0.4 is 5.73 Å². The van der Waals surface area contributed by atoms with Crippen molar-refractivity contribution in [2.75, 3.05) is 0 Å². The quantitative estimate of drug-likeness (QED) is 0.890. The van der Waals surface area contributed by atoms with Crippen LogP contribution in [0.4, 0.5) is 0 Å². The molecule has 3 nitrogen and oxygen atoms in total. The minimum atomic E-state index is -0.182. The third kappa shape index (κ3) is 2.53. The van der Waals surface area contributed by atoms with Crippen molar-refractivity contribution in [3.05, 3.63) is 50.2 Å². The molecule has 2 aromatic rings. The van der Waals surface area contributed by atoms with E-state index in [4.69, 9.17) is 5.73 Å². The van der Waals surface area contributed by atoms with Gasteiger partial charge in [-0.05, 0) is 47.0 Å². The van der Waals surface area contributed by atoms with Crippen LogP contribution in [0.2, 0.25) is 0 Å². The van der Waals surface area contributed by atoms with E-state index in [1.807, 2.05) is 4.68 Å². The van der Waals surface area contributed by atoms with Crippen molar-refractivity contribution < 1.29 is 0 Å². The Hall–Kier alpha value is -0.650. The van der Waals surface area contributed by atoms with Gasteiger partial charge in [-0.1, -0.05) is 28.1 Å². The van der Waals surface area contributed by atoms with Crippen molar-refractivity contribution in [2.24, 2.45) is 5.73 Å². The zero-order valence-corrected chi connectivity index (χ0v) is 13.5. The van der Waals surface area contributed by atoms with Gasteiger partial charge in [0, 0.05) is 11.0 Å². The normalized spacial score (nSPS) is 12.7. The van der Waals surface area contributed by atoms with Gasteiger partial charge >= 0.3 is 0 Å². The number of nitrogens with two attached hydrogens (primary N) is 1. The summed E-state index contributed by atoms with van der Waals surface area (Å²) in [5, 5.41) is 4.30. The van der Waals surface area contributed by atoms with Gasteiger partial charge in [0.25, 0.3) is 0 Å². The average molecular weight is 373 g/mol. The maximum Gasteiger partial charge on any atom is 0.0738 e. The van der Waals surface area contributed by atoms with E-state index in [1.165, 1.54) is 5.56 Å². The van der Waals surface area contributed by atoms with E-state index in [9.17, 15) is 0 Å². The minimum absolute atomic E-state index is 0.182. The van der Waals surface area contributed by atoms with Gasteiger partial charge in [0.05, 0.1) is 22.4 Å². The molecule has 1 aromatic heterocycles. The van der Waals surface area contributed by atoms with Crippen LogP contribution in [-0.2, 0) is 6.54 Å². The van der Waals surface area contributed by atoms with Gasteiger partial charge in [0.1, 0.15) is 0 Å². The number of rotatable bonds is 3. The molecular weight excluding hydrogens is 358 g/mol. The first-order valence-corrected chi connectivity index (χ1v) is 7.36. The molecule has 1 heterocycles. The maximum absolute atomic E-state index is 6.35. The zero-order valence-electron chi connectivity index (χ0n) is 10.3. The fourth-order valence-corrected chi connectivity index (χ4v) is 2.83. The van der Waals surface area contributed by atoms with Crippen molar-refractivity contribution in [1.82, 2.24) is 9.78 Å². The third-order valence-electron chi connectivity index (χ3n) is 2.98. The molecule has 0 aliphatic carbocycles.